The third-order valence-corrected chi connectivity index (χ3v) is 2.97. The molecular formula is C13H10ClN3. The number of nitrogens with zero attached hydrogens (tertiary/aromatic N) is 3. The molecule has 3 rings (SSSR count). The molecule has 2 aromatic heterocycles. The van der Waals surface area contributed by atoms with E-state index in [9.17, 15) is 0 Å². The zero-order valence-electron chi connectivity index (χ0n) is 9.05. The van der Waals surface area contributed by atoms with Crippen molar-refractivity contribution in [1.29, 1.82) is 0 Å². The second kappa shape index (κ2) is 4.18. The molecule has 2 heterocycles. The van der Waals surface area contributed by atoms with Crippen molar-refractivity contribution in [3.05, 3.63) is 54.4 Å². The van der Waals surface area contributed by atoms with Gasteiger partial charge in [-0.25, -0.2) is 9.67 Å². The summed E-state index contributed by atoms with van der Waals surface area (Å²) in [5.41, 5.74) is 2.06. The molecule has 3 aromatic rings. The van der Waals surface area contributed by atoms with Gasteiger partial charge in [0.15, 0.2) is 5.82 Å². The molecule has 0 aliphatic heterocycles. The molecule has 0 saturated carbocycles. The fourth-order valence-electron chi connectivity index (χ4n) is 1.78. The van der Waals surface area contributed by atoms with Crippen LogP contribution in [0.3, 0.4) is 0 Å². The molecule has 0 unspecified atom stereocenters. The molecule has 0 spiro atoms. The van der Waals surface area contributed by atoms with Gasteiger partial charge in [0.2, 0.25) is 0 Å². The number of hydrogen-bond acceptors (Lipinski definition) is 2. The quantitative estimate of drug-likeness (QED) is 0.648. The molecule has 4 heteroatoms. The van der Waals surface area contributed by atoms with Gasteiger partial charge in [-0.2, -0.15) is 5.10 Å². The van der Waals surface area contributed by atoms with Crippen molar-refractivity contribution in [2.75, 3.05) is 0 Å². The fourth-order valence-corrected chi connectivity index (χ4v) is 1.93. The van der Waals surface area contributed by atoms with Crippen molar-refractivity contribution in [1.82, 2.24) is 14.8 Å². The van der Waals surface area contributed by atoms with Crippen molar-refractivity contribution >= 4 is 22.5 Å². The minimum atomic E-state index is 0.479. The van der Waals surface area contributed by atoms with Crippen LogP contribution in [0.2, 0.25) is 0 Å². The van der Waals surface area contributed by atoms with E-state index in [2.05, 4.69) is 10.1 Å². The minimum absolute atomic E-state index is 0.479. The predicted octanol–water partition coefficient (Wildman–Crippen LogP) is 3.16. The first-order valence-corrected chi connectivity index (χ1v) is 5.86. The highest BCUT2D eigenvalue weighted by Gasteiger charge is 2.04. The van der Waals surface area contributed by atoms with Gasteiger partial charge in [0, 0.05) is 17.5 Å². The van der Waals surface area contributed by atoms with Crippen LogP contribution in [-0.2, 0) is 5.88 Å². The zero-order valence-corrected chi connectivity index (χ0v) is 9.80. The van der Waals surface area contributed by atoms with E-state index in [0.29, 0.717) is 5.88 Å². The lowest BCUT2D eigenvalue weighted by molar-refractivity contribution is 0.872. The van der Waals surface area contributed by atoms with Crippen LogP contribution in [0.4, 0.5) is 0 Å². The highest BCUT2D eigenvalue weighted by Crippen LogP contribution is 2.16. The summed E-state index contributed by atoms with van der Waals surface area (Å²) in [6.07, 6.45) is 3.62. The van der Waals surface area contributed by atoms with Gasteiger partial charge in [-0.1, -0.05) is 24.3 Å². The lowest BCUT2D eigenvalue weighted by atomic mass is 10.2. The Balaban J connectivity index is 2.13. The summed E-state index contributed by atoms with van der Waals surface area (Å²) >= 11 is 5.74. The summed E-state index contributed by atoms with van der Waals surface area (Å²) < 4.78 is 1.83. The molecule has 3 nitrogen and oxygen atoms in total. The average Bonchev–Trinajstić information content (AvgIpc) is 2.83. The van der Waals surface area contributed by atoms with Crippen LogP contribution in [0, 0.1) is 0 Å². The van der Waals surface area contributed by atoms with Crippen molar-refractivity contribution in [2.24, 2.45) is 0 Å². The van der Waals surface area contributed by atoms with E-state index in [4.69, 9.17) is 11.6 Å². The number of pyridine rings is 1. The average molecular weight is 244 g/mol. The Kier molecular flexibility index (Phi) is 2.53. The highest BCUT2D eigenvalue weighted by atomic mass is 35.5. The first kappa shape index (κ1) is 10.3. The third-order valence-electron chi connectivity index (χ3n) is 2.66. The van der Waals surface area contributed by atoms with E-state index < -0.39 is 0 Å². The van der Waals surface area contributed by atoms with Gasteiger partial charge in [0.1, 0.15) is 0 Å². The molecule has 0 radical (unpaired) electrons. The Bertz CT molecular complexity index is 643. The van der Waals surface area contributed by atoms with E-state index in [1.54, 1.807) is 6.20 Å². The van der Waals surface area contributed by atoms with E-state index >= 15 is 0 Å². The van der Waals surface area contributed by atoms with E-state index in [-0.39, 0.29) is 0 Å². The van der Waals surface area contributed by atoms with Crippen LogP contribution in [0.1, 0.15) is 5.56 Å². The Hall–Kier alpha value is -1.87. The maximum Gasteiger partial charge on any atom is 0.153 e. The maximum atomic E-state index is 5.74. The van der Waals surface area contributed by atoms with Gasteiger partial charge in [0.25, 0.3) is 0 Å². The van der Waals surface area contributed by atoms with Gasteiger partial charge < -0.3 is 0 Å². The van der Waals surface area contributed by atoms with Crippen molar-refractivity contribution in [3.63, 3.8) is 0 Å². The molecule has 0 atom stereocenters. The smallest absolute Gasteiger partial charge is 0.153 e. The Morgan fingerprint density at radius 2 is 1.94 bits per heavy atom. The number of rotatable bonds is 2. The summed E-state index contributed by atoms with van der Waals surface area (Å²) in [6.45, 7) is 0. The highest BCUT2D eigenvalue weighted by molar-refractivity contribution is 6.17. The molecule has 17 heavy (non-hydrogen) atoms. The van der Waals surface area contributed by atoms with Crippen molar-refractivity contribution in [3.8, 4) is 5.82 Å². The first-order chi connectivity index (χ1) is 8.38. The summed E-state index contributed by atoms with van der Waals surface area (Å²) in [5.74, 6) is 1.28. The number of aromatic nitrogens is 3. The Morgan fingerprint density at radius 1 is 1.06 bits per heavy atom. The van der Waals surface area contributed by atoms with Crippen LogP contribution in [0.15, 0.2) is 48.8 Å². The van der Waals surface area contributed by atoms with Crippen molar-refractivity contribution < 1.29 is 0 Å². The molecule has 0 saturated heterocycles. The number of benzene rings is 1. The number of alkyl halides is 1. The largest absolute Gasteiger partial charge is 0.237 e. The van der Waals surface area contributed by atoms with Crippen LogP contribution in [0.5, 0.6) is 0 Å². The first-order valence-electron chi connectivity index (χ1n) is 5.32. The summed E-state index contributed by atoms with van der Waals surface area (Å²) in [6, 6.07) is 11.9. The summed E-state index contributed by atoms with van der Waals surface area (Å²) in [7, 11) is 0. The molecule has 0 bridgehead atoms. The number of para-hydroxylation sites is 1. The molecule has 1 aromatic carbocycles. The molecule has 84 valence electrons. The number of fused-ring (bicyclic) bond motifs is 1. The molecule has 0 aliphatic carbocycles. The second-order valence-corrected chi connectivity index (χ2v) is 4.04. The fraction of sp³-hybridized carbons (Fsp3) is 0.0769. The molecule has 0 amide bonds. The second-order valence-electron chi connectivity index (χ2n) is 3.77. The van der Waals surface area contributed by atoms with Crippen molar-refractivity contribution in [2.45, 2.75) is 5.88 Å². The molecule has 0 N–H and O–H groups in total. The Morgan fingerprint density at radius 3 is 2.71 bits per heavy atom. The lowest BCUT2D eigenvalue weighted by Gasteiger charge is -2.02. The van der Waals surface area contributed by atoms with Gasteiger partial charge in [0.05, 0.1) is 11.7 Å². The summed E-state index contributed by atoms with van der Waals surface area (Å²) in [4.78, 5) is 4.36. The maximum absolute atomic E-state index is 5.74. The topological polar surface area (TPSA) is 30.7 Å². The minimum Gasteiger partial charge on any atom is -0.237 e. The molecule has 0 fully saturated rings. The standard InChI is InChI=1S/C13H10ClN3/c14-7-10-5-6-13(15-8-10)17-12-4-2-1-3-11(12)9-16-17/h1-6,8-9H,7H2. The normalized spacial score (nSPS) is 10.9. The SMILES string of the molecule is ClCc1ccc(-n2ncc3ccccc32)nc1. The van der Waals surface area contributed by atoms with Gasteiger partial charge in [-0.05, 0) is 17.7 Å². The van der Waals surface area contributed by atoms with Gasteiger partial charge in [-0.3, -0.25) is 0 Å². The lowest BCUT2D eigenvalue weighted by Crippen LogP contribution is -1.99. The van der Waals surface area contributed by atoms with E-state index in [0.717, 1.165) is 22.3 Å². The van der Waals surface area contributed by atoms with Crippen LogP contribution < -0.4 is 0 Å². The predicted molar refractivity (Wildman–Crippen MR) is 68.4 cm³/mol. The van der Waals surface area contributed by atoms with Gasteiger partial charge in [-0.15, -0.1) is 11.6 Å². The zero-order chi connectivity index (χ0) is 11.7. The third kappa shape index (κ3) is 1.78. The van der Waals surface area contributed by atoms with E-state index in [1.807, 2.05) is 47.3 Å². The van der Waals surface area contributed by atoms with Crippen LogP contribution in [0.25, 0.3) is 16.7 Å². The molecular weight excluding hydrogens is 234 g/mol. The van der Waals surface area contributed by atoms with Crippen LogP contribution >= 0.6 is 11.6 Å². The van der Waals surface area contributed by atoms with Gasteiger partial charge >= 0.3 is 0 Å². The summed E-state index contributed by atoms with van der Waals surface area (Å²) in [5, 5.41) is 5.45. The monoisotopic (exact) mass is 243 g/mol. The number of hydrogen-bond donors (Lipinski definition) is 0. The van der Waals surface area contributed by atoms with Crippen LogP contribution in [-0.4, -0.2) is 14.8 Å². The van der Waals surface area contributed by atoms with E-state index in [1.165, 1.54) is 0 Å². The number of halogens is 1. The molecule has 0 aliphatic rings. The Labute approximate surface area is 104 Å².